The van der Waals surface area contributed by atoms with Gasteiger partial charge in [0.1, 0.15) is 0 Å². The molecule has 0 saturated heterocycles. The Morgan fingerprint density at radius 1 is 1.08 bits per heavy atom. The van der Waals surface area contributed by atoms with Crippen molar-refractivity contribution in [3.63, 3.8) is 0 Å². The first-order valence-electron chi connectivity index (χ1n) is 4.34. The van der Waals surface area contributed by atoms with Crippen molar-refractivity contribution < 1.29 is 19.8 Å². The summed E-state index contributed by atoms with van der Waals surface area (Å²) in [5, 5.41) is 17.0. The Bertz CT molecular complexity index is 162. The van der Waals surface area contributed by atoms with Crippen molar-refractivity contribution in [2.24, 2.45) is 5.92 Å². The van der Waals surface area contributed by atoms with Gasteiger partial charge in [-0.15, -0.1) is 0 Å². The van der Waals surface area contributed by atoms with E-state index < -0.39 is 17.9 Å². The molecule has 13 heavy (non-hydrogen) atoms. The van der Waals surface area contributed by atoms with Gasteiger partial charge in [-0.3, -0.25) is 9.59 Å². The molecule has 0 heterocycles. The van der Waals surface area contributed by atoms with Crippen molar-refractivity contribution in [3.05, 3.63) is 6.92 Å². The first-order chi connectivity index (χ1) is 6.09. The molecule has 2 N–H and O–H groups in total. The number of rotatable bonds is 7. The maximum Gasteiger partial charge on any atom is 0.317 e. The molecule has 0 saturated carbocycles. The highest BCUT2D eigenvalue weighted by Gasteiger charge is 2.24. The maximum absolute atomic E-state index is 10.4. The van der Waals surface area contributed by atoms with E-state index in [1.54, 1.807) is 0 Å². The molecule has 0 fully saturated rings. The van der Waals surface area contributed by atoms with Crippen LogP contribution in [0.2, 0.25) is 0 Å². The molecule has 0 unspecified atom stereocenters. The highest BCUT2D eigenvalue weighted by molar-refractivity contribution is 5.92. The van der Waals surface area contributed by atoms with E-state index in [1.807, 2.05) is 0 Å². The Labute approximate surface area is 77.6 Å². The fraction of sp³-hybridized carbons (Fsp3) is 0.667. The predicted octanol–water partition coefficient (Wildman–Crippen LogP) is 1.56. The summed E-state index contributed by atoms with van der Waals surface area (Å²) in [7, 11) is 0. The Kier molecular flexibility index (Phi) is 5.93. The summed E-state index contributed by atoms with van der Waals surface area (Å²) in [5.41, 5.74) is 0. The van der Waals surface area contributed by atoms with E-state index in [0.29, 0.717) is 6.42 Å². The van der Waals surface area contributed by atoms with E-state index in [-0.39, 0.29) is 6.42 Å². The summed E-state index contributed by atoms with van der Waals surface area (Å²) in [4.78, 5) is 20.8. The fourth-order valence-corrected chi connectivity index (χ4v) is 1.05. The van der Waals surface area contributed by atoms with E-state index >= 15 is 0 Å². The quantitative estimate of drug-likeness (QED) is 0.468. The minimum atomic E-state index is -1.25. The maximum atomic E-state index is 10.4. The fourth-order valence-electron chi connectivity index (χ4n) is 1.05. The summed E-state index contributed by atoms with van der Waals surface area (Å²) >= 11 is 0. The van der Waals surface area contributed by atoms with Gasteiger partial charge < -0.3 is 10.2 Å². The van der Waals surface area contributed by atoms with Crippen molar-refractivity contribution in [2.45, 2.75) is 32.1 Å². The SMILES string of the molecule is [CH2]CCCCCC(C(=O)O)C(=O)O. The molecule has 75 valence electrons. The van der Waals surface area contributed by atoms with Gasteiger partial charge >= 0.3 is 11.9 Å². The van der Waals surface area contributed by atoms with E-state index in [4.69, 9.17) is 10.2 Å². The monoisotopic (exact) mass is 187 g/mol. The first-order valence-corrected chi connectivity index (χ1v) is 4.34. The zero-order chi connectivity index (χ0) is 10.3. The number of hydrogen-bond donors (Lipinski definition) is 2. The molecule has 0 aromatic carbocycles. The molecule has 0 aliphatic heterocycles. The minimum Gasteiger partial charge on any atom is -0.481 e. The van der Waals surface area contributed by atoms with Crippen LogP contribution in [0.3, 0.4) is 0 Å². The van der Waals surface area contributed by atoms with Gasteiger partial charge in [0, 0.05) is 0 Å². The van der Waals surface area contributed by atoms with Crippen LogP contribution in [0.15, 0.2) is 0 Å². The van der Waals surface area contributed by atoms with Crippen molar-refractivity contribution >= 4 is 11.9 Å². The highest BCUT2D eigenvalue weighted by Crippen LogP contribution is 2.11. The molecule has 0 aliphatic carbocycles. The zero-order valence-electron chi connectivity index (χ0n) is 7.53. The lowest BCUT2D eigenvalue weighted by Crippen LogP contribution is -2.23. The molecule has 0 amide bonds. The zero-order valence-corrected chi connectivity index (χ0v) is 7.53. The predicted molar refractivity (Wildman–Crippen MR) is 47.2 cm³/mol. The van der Waals surface area contributed by atoms with Crippen LogP contribution in [0.5, 0.6) is 0 Å². The third-order valence-corrected chi connectivity index (χ3v) is 1.84. The van der Waals surface area contributed by atoms with Gasteiger partial charge in [0.25, 0.3) is 0 Å². The standard InChI is InChI=1S/C9H15O4/c1-2-3-4-5-6-7(8(10)11)9(12)13/h7H,1-6H2,(H,10,11)(H,12,13). The van der Waals surface area contributed by atoms with Crippen LogP contribution in [0, 0.1) is 12.8 Å². The average Bonchev–Trinajstić information content (AvgIpc) is 2.02. The minimum absolute atomic E-state index is 0.213. The van der Waals surface area contributed by atoms with Gasteiger partial charge in [0.05, 0.1) is 0 Å². The topological polar surface area (TPSA) is 74.6 Å². The van der Waals surface area contributed by atoms with E-state index in [2.05, 4.69) is 6.92 Å². The molecule has 1 radical (unpaired) electrons. The van der Waals surface area contributed by atoms with Gasteiger partial charge in [0.2, 0.25) is 0 Å². The van der Waals surface area contributed by atoms with E-state index in [1.165, 1.54) is 0 Å². The third-order valence-electron chi connectivity index (χ3n) is 1.84. The number of carboxylic acid groups (broad SMARTS) is 2. The molecule has 0 aromatic rings. The molecule has 0 bridgehead atoms. The summed E-state index contributed by atoms with van der Waals surface area (Å²) < 4.78 is 0. The van der Waals surface area contributed by atoms with E-state index in [9.17, 15) is 9.59 Å². The number of carbonyl (C=O) groups is 2. The van der Waals surface area contributed by atoms with Gasteiger partial charge in [-0.2, -0.15) is 0 Å². The smallest absolute Gasteiger partial charge is 0.317 e. The Hall–Kier alpha value is -1.06. The molecule has 4 nitrogen and oxygen atoms in total. The Morgan fingerprint density at radius 2 is 1.62 bits per heavy atom. The van der Waals surface area contributed by atoms with Crippen molar-refractivity contribution in [2.75, 3.05) is 0 Å². The molecule has 0 rings (SSSR count). The lowest BCUT2D eigenvalue weighted by Gasteiger charge is -2.05. The number of carboxylic acids is 2. The van der Waals surface area contributed by atoms with Crippen LogP contribution >= 0.6 is 0 Å². The molecule has 0 spiro atoms. The van der Waals surface area contributed by atoms with Crippen molar-refractivity contribution in [3.8, 4) is 0 Å². The molecule has 0 aromatic heterocycles. The Morgan fingerprint density at radius 3 is 2.00 bits per heavy atom. The molecular formula is C9H15O4. The lowest BCUT2D eigenvalue weighted by atomic mass is 10.0. The van der Waals surface area contributed by atoms with E-state index in [0.717, 1.165) is 19.3 Å². The lowest BCUT2D eigenvalue weighted by molar-refractivity contribution is -0.154. The number of unbranched alkanes of at least 4 members (excludes halogenated alkanes) is 3. The van der Waals surface area contributed by atoms with Crippen LogP contribution in [-0.2, 0) is 9.59 Å². The summed E-state index contributed by atoms with van der Waals surface area (Å²) in [6.07, 6.45) is 3.43. The van der Waals surface area contributed by atoms with Crippen LogP contribution < -0.4 is 0 Å². The summed E-state index contributed by atoms with van der Waals surface area (Å²) in [5.74, 6) is -3.74. The van der Waals surface area contributed by atoms with Gasteiger partial charge in [0.15, 0.2) is 5.92 Å². The van der Waals surface area contributed by atoms with Crippen LogP contribution in [0.1, 0.15) is 32.1 Å². The van der Waals surface area contributed by atoms with Crippen LogP contribution in [0.25, 0.3) is 0 Å². The summed E-state index contributed by atoms with van der Waals surface area (Å²) in [6.45, 7) is 3.64. The van der Waals surface area contributed by atoms with Crippen LogP contribution in [-0.4, -0.2) is 22.2 Å². The molecule has 0 aliphatic rings. The second kappa shape index (κ2) is 6.46. The second-order valence-corrected chi connectivity index (χ2v) is 2.93. The van der Waals surface area contributed by atoms with Gasteiger partial charge in [-0.25, -0.2) is 0 Å². The average molecular weight is 187 g/mol. The van der Waals surface area contributed by atoms with Gasteiger partial charge in [-0.1, -0.05) is 32.6 Å². The molecular weight excluding hydrogens is 172 g/mol. The highest BCUT2D eigenvalue weighted by atomic mass is 16.4. The third kappa shape index (κ3) is 5.22. The van der Waals surface area contributed by atoms with Crippen molar-refractivity contribution in [1.29, 1.82) is 0 Å². The largest absolute Gasteiger partial charge is 0.481 e. The normalized spacial score (nSPS) is 10.3. The molecule has 0 atom stereocenters. The number of aliphatic carboxylic acids is 2. The van der Waals surface area contributed by atoms with Crippen molar-refractivity contribution in [1.82, 2.24) is 0 Å². The second-order valence-electron chi connectivity index (χ2n) is 2.93. The van der Waals surface area contributed by atoms with Crippen LogP contribution in [0.4, 0.5) is 0 Å². The Balaban J connectivity index is 3.71. The number of hydrogen-bond acceptors (Lipinski definition) is 2. The first kappa shape index (κ1) is 11.9. The summed E-state index contributed by atoms with van der Waals surface area (Å²) in [6, 6.07) is 0. The van der Waals surface area contributed by atoms with Gasteiger partial charge in [-0.05, 0) is 6.42 Å². The molecule has 4 heteroatoms.